The molecule has 1 heterocycles. The molecule has 1 saturated heterocycles. The summed E-state index contributed by atoms with van der Waals surface area (Å²) in [7, 11) is 0. The molecule has 3 rings (SSSR count). The highest BCUT2D eigenvalue weighted by Crippen LogP contribution is 2.38. The fourth-order valence-corrected chi connectivity index (χ4v) is 3.11. The first-order valence-corrected chi connectivity index (χ1v) is 5.87. The van der Waals surface area contributed by atoms with E-state index in [4.69, 9.17) is 0 Å². The number of fused-ring (bicyclic) bond motifs is 1. The van der Waals surface area contributed by atoms with Gasteiger partial charge in [-0.15, -0.1) is 0 Å². The van der Waals surface area contributed by atoms with E-state index in [1.54, 1.807) is 6.07 Å². The average molecular weight is 205 g/mol. The normalized spacial score (nSPS) is 29.4. The zero-order chi connectivity index (χ0) is 10.3. The molecule has 15 heavy (non-hydrogen) atoms. The van der Waals surface area contributed by atoms with Crippen molar-refractivity contribution >= 4 is 0 Å². The van der Waals surface area contributed by atoms with Gasteiger partial charge in [-0.1, -0.05) is 12.1 Å². The number of nitrogens with one attached hydrogen (secondary N) is 1. The molecule has 0 amide bonds. The van der Waals surface area contributed by atoms with E-state index in [2.05, 4.69) is 11.4 Å². The Bertz CT molecular complexity index is 369. The molecule has 2 atom stereocenters. The highest BCUT2D eigenvalue weighted by Gasteiger charge is 2.32. The lowest BCUT2D eigenvalue weighted by atomic mass is 9.92. The molecule has 1 N–H and O–H groups in total. The summed E-state index contributed by atoms with van der Waals surface area (Å²) < 4.78 is 13.5. The lowest BCUT2D eigenvalue weighted by molar-refractivity contribution is 0.486. The van der Waals surface area contributed by atoms with Crippen LogP contribution in [0.4, 0.5) is 4.39 Å². The SMILES string of the molecule is Fc1cccc2c1CCC2C1CCCN1. The van der Waals surface area contributed by atoms with E-state index in [1.807, 2.05) is 6.07 Å². The van der Waals surface area contributed by atoms with E-state index < -0.39 is 0 Å². The number of hydrogen-bond donors (Lipinski definition) is 1. The molecule has 2 unspecified atom stereocenters. The van der Waals surface area contributed by atoms with Gasteiger partial charge in [-0.25, -0.2) is 4.39 Å². The van der Waals surface area contributed by atoms with Crippen LogP contribution < -0.4 is 5.32 Å². The Hall–Kier alpha value is -0.890. The molecule has 2 aliphatic rings. The minimum Gasteiger partial charge on any atom is -0.313 e. The van der Waals surface area contributed by atoms with Gasteiger partial charge in [-0.2, -0.15) is 0 Å². The minimum atomic E-state index is -0.00648. The summed E-state index contributed by atoms with van der Waals surface area (Å²) in [6, 6.07) is 6.13. The summed E-state index contributed by atoms with van der Waals surface area (Å²) in [6.45, 7) is 1.13. The van der Waals surface area contributed by atoms with Gasteiger partial charge in [0.05, 0.1) is 0 Å². The summed E-state index contributed by atoms with van der Waals surface area (Å²) in [5.74, 6) is 0.547. The van der Waals surface area contributed by atoms with Crippen LogP contribution in [0.15, 0.2) is 18.2 Å². The Morgan fingerprint density at radius 1 is 1.27 bits per heavy atom. The molecule has 0 spiro atoms. The molecule has 0 radical (unpaired) electrons. The van der Waals surface area contributed by atoms with Crippen molar-refractivity contribution in [1.29, 1.82) is 0 Å². The van der Waals surface area contributed by atoms with Crippen molar-refractivity contribution in [2.24, 2.45) is 0 Å². The molecule has 0 bridgehead atoms. The number of rotatable bonds is 1. The van der Waals surface area contributed by atoms with Crippen molar-refractivity contribution in [3.63, 3.8) is 0 Å². The van der Waals surface area contributed by atoms with Gasteiger partial charge in [0, 0.05) is 6.04 Å². The number of benzene rings is 1. The van der Waals surface area contributed by atoms with Crippen LogP contribution in [0, 0.1) is 5.82 Å². The highest BCUT2D eigenvalue weighted by atomic mass is 19.1. The predicted molar refractivity (Wildman–Crippen MR) is 58.5 cm³/mol. The monoisotopic (exact) mass is 205 g/mol. The molecule has 0 aromatic heterocycles. The second kappa shape index (κ2) is 3.60. The topological polar surface area (TPSA) is 12.0 Å². The van der Waals surface area contributed by atoms with Crippen LogP contribution >= 0.6 is 0 Å². The molecule has 80 valence electrons. The zero-order valence-electron chi connectivity index (χ0n) is 8.80. The third kappa shape index (κ3) is 1.48. The van der Waals surface area contributed by atoms with Gasteiger partial charge in [0.15, 0.2) is 0 Å². The van der Waals surface area contributed by atoms with E-state index in [0.717, 1.165) is 24.9 Å². The summed E-state index contributed by atoms with van der Waals surface area (Å²) in [5, 5.41) is 3.54. The Kier molecular flexibility index (Phi) is 2.24. The van der Waals surface area contributed by atoms with Crippen molar-refractivity contribution in [2.45, 2.75) is 37.6 Å². The van der Waals surface area contributed by atoms with E-state index in [9.17, 15) is 4.39 Å². The average Bonchev–Trinajstić information content (AvgIpc) is 2.85. The molecule has 1 aromatic rings. The van der Waals surface area contributed by atoms with Crippen molar-refractivity contribution < 1.29 is 4.39 Å². The molecule has 1 fully saturated rings. The molecule has 1 aliphatic heterocycles. The van der Waals surface area contributed by atoms with Crippen LogP contribution in [-0.2, 0) is 6.42 Å². The van der Waals surface area contributed by atoms with Gasteiger partial charge in [-0.05, 0) is 55.3 Å². The predicted octanol–water partition coefficient (Wildman–Crippen LogP) is 2.61. The van der Waals surface area contributed by atoms with Crippen LogP contribution in [0.1, 0.15) is 36.3 Å². The van der Waals surface area contributed by atoms with Crippen LogP contribution in [0.2, 0.25) is 0 Å². The molecule has 1 nitrogen and oxygen atoms in total. The van der Waals surface area contributed by atoms with E-state index in [0.29, 0.717) is 12.0 Å². The Morgan fingerprint density at radius 3 is 3.00 bits per heavy atom. The number of hydrogen-bond acceptors (Lipinski definition) is 1. The summed E-state index contributed by atoms with van der Waals surface area (Å²) >= 11 is 0. The number of halogens is 1. The summed E-state index contributed by atoms with van der Waals surface area (Å²) in [6.07, 6.45) is 4.56. The molecule has 0 saturated carbocycles. The van der Waals surface area contributed by atoms with Crippen molar-refractivity contribution in [2.75, 3.05) is 6.54 Å². The van der Waals surface area contributed by atoms with E-state index >= 15 is 0 Å². The Labute approximate surface area is 89.7 Å². The Balaban J connectivity index is 1.94. The Morgan fingerprint density at radius 2 is 2.20 bits per heavy atom. The smallest absolute Gasteiger partial charge is 0.126 e. The maximum Gasteiger partial charge on any atom is 0.126 e. The van der Waals surface area contributed by atoms with Crippen molar-refractivity contribution in [1.82, 2.24) is 5.32 Å². The van der Waals surface area contributed by atoms with Crippen molar-refractivity contribution in [3.8, 4) is 0 Å². The second-order valence-corrected chi connectivity index (χ2v) is 4.66. The lowest BCUT2D eigenvalue weighted by Crippen LogP contribution is -2.27. The van der Waals surface area contributed by atoms with Gasteiger partial charge in [0.2, 0.25) is 0 Å². The van der Waals surface area contributed by atoms with E-state index in [1.165, 1.54) is 18.4 Å². The summed E-state index contributed by atoms with van der Waals surface area (Å²) in [4.78, 5) is 0. The standard InChI is InChI=1S/C13H16FN/c14-12-4-1-3-9-10(12)6-7-11(9)13-5-2-8-15-13/h1,3-4,11,13,15H,2,5-8H2. The molecule has 2 heteroatoms. The van der Waals surface area contributed by atoms with E-state index in [-0.39, 0.29) is 5.82 Å². The third-order valence-electron chi connectivity index (χ3n) is 3.84. The third-order valence-corrected chi connectivity index (χ3v) is 3.84. The lowest BCUT2D eigenvalue weighted by Gasteiger charge is -2.19. The van der Waals surface area contributed by atoms with Gasteiger partial charge in [-0.3, -0.25) is 0 Å². The van der Waals surface area contributed by atoms with Gasteiger partial charge < -0.3 is 5.32 Å². The van der Waals surface area contributed by atoms with Gasteiger partial charge in [0.1, 0.15) is 5.82 Å². The van der Waals surface area contributed by atoms with Crippen LogP contribution in [0.5, 0.6) is 0 Å². The quantitative estimate of drug-likeness (QED) is 0.743. The van der Waals surface area contributed by atoms with Crippen molar-refractivity contribution in [3.05, 3.63) is 35.1 Å². The molecule has 1 aliphatic carbocycles. The summed E-state index contributed by atoms with van der Waals surface area (Å²) in [5.41, 5.74) is 2.23. The van der Waals surface area contributed by atoms with Crippen LogP contribution in [-0.4, -0.2) is 12.6 Å². The highest BCUT2D eigenvalue weighted by molar-refractivity contribution is 5.37. The largest absolute Gasteiger partial charge is 0.313 e. The maximum absolute atomic E-state index is 13.5. The minimum absolute atomic E-state index is 0.00648. The first kappa shape index (κ1) is 9.34. The molecular weight excluding hydrogens is 189 g/mol. The first-order chi connectivity index (χ1) is 7.36. The van der Waals surface area contributed by atoms with Gasteiger partial charge in [0.25, 0.3) is 0 Å². The fourth-order valence-electron chi connectivity index (χ4n) is 3.11. The van der Waals surface area contributed by atoms with Gasteiger partial charge >= 0.3 is 0 Å². The maximum atomic E-state index is 13.5. The fraction of sp³-hybridized carbons (Fsp3) is 0.538. The van der Waals surface area contributed by atoms with Crippen LogP contribution in [0.3, 0.4) is 0 Å². The molecular formula is C13H16FN. The van der Waals surface area contributed by atoms with Crippen LogP contribution in [0.25, 0.3) is 0 Å². The first-order valence-electron chi connectivity index (χ1n) is 5.87. The molecule has 1 aromatic carbocycles. The zero-order valence-corrected chi connectivity index (χ0v) is 8.80. The second-order valence-electron chi connectivity index (χ2n) is 4.66.